The number of nitrogens with zero attached hydrogens (tertiary/aromatic N) is 2. The van der Waals surface area contributed by atoms with Crippen LogP contribution >= 0.6 is 0 Å². The number of anilines is 1. The number of nitrogens with two attached hydrogens (primary N) is 1. The Morgan fingerprint density at radius 3 is 2.67 bits per heavy atom. The van der Waals surface area contributed by atoms with Gasteiger partial charge in [0.1, 0.15) is 11.9 Å². The van der Waals surface area contributed by atoms with E-state index in [1.54, 1.807) is 16.8 Å². The lowest BCUT2D eigenvalue weighted by Gasteiger charge is -2.26. The lowest BCUT2D eigenvalue weighted by Crippen LogP contribution is -2.34. The molecule has 0 bridgehead atoms. The van der Waals surface area contributed by atoms with E-state index in [2.05, 4.69) is 4.98 Å². The Labute approximate surface area is 142 Å². The quantitative estimate of drug-likeness (QED) is 0.903. The van der Waals surface area contributed by atoms with Gasteiger partial charge in [0.15, 0.2) is 5.79 Å². The monoisotopic (exact) mass is 337 g/mol. The van der Waals surface area contributed by atoms with Gasteiger partial charge in [-0.05, 0) is 47.1 Å². The number of hydrogen-bond donors (Lipinski definition) is 1. The lowest BCUT2D eigenvalue weighted by atomic mass is 10.1. The van der Waals surface area contributed by atoms with E-state index in [0.29, 0.717) is 6.61 Å². The van der Waals surface area contributed by atoms with Gasteiger partial charge in [0.2, 0.25) is 0 Å². The van der Waals surface area contributed by atoms with Gasteiger partial charge in [-0.3, -0.25) is 4.57 Å². The molecule has 0 unspecified atom stereocenters. The number of hydrogen-bond acceptors (Lipinski definition) is 6. The van der Waals surface area contributed by atoms with E-state index in [1.165, 1.54) is 0 Å². The van der Waals surface area contributed by atoms with Gasteiger partial charge < -0.3 is 19.9 Å². The third kappa shape index (κ3) is 3.48. The highest BCUT2D eigenvalue weighted by Crippen LogP contribution is 2.46. The van der Waals surface area contributed by atoms with Crippen molar-refractivity contribution in [1.82, 2.24) is 9.55 Å². The molecular formula is C17H27N3O4. The topological polar surface area (TPSA) is 88.6 Å². The number of nitrogen functional groups attached to an aromatic ring is 1. The largest absolute Gasteiger partial charge is 0.383 e. The minimum absolute atomic E-state index is 0.100. The average Bonchev–Trinajstić information content (AvgIpc) is 2.90. The van der Waals surface area contributed by atoms with Crippen LogP contribution in [0, 0.1) is 5.92 Å². The molecule has 1 aromatic rings. The maximum atomic E-state index is 12.2. The zero-order valence-electron chi connectivity index (χ0n) is 15.0. The molecule has 24 heavy (non-hydrogen) atoms. The lowest BCUT2D eigenvalue weighted by molar-refractivity contribution is -0.164. The normalized spacial score (nSPS) is 32.0. The van der Waals surface area contributed by atoms with Crippen LogP contribution in [0.5, 0.6) is 0 Å². The molecular weight excluding hydrogens is 310 g/mol. The summed E-state index contributed by atoms with van der Waals surface area (Å²) in [5.41, 5.74) is 5.02. The second-order valence-electron chi connectivity index (χ2n) is 8.09. The van der Waals surface area contributed by atoms with Crippen molar-refractivity contribution in [2.45, 2.75) is 70.7 Å². The first-order chi connectivity index (χ1) is 11.1. The van der Waals surface area contributed by atoms with E-state index >= 15 is 0 Å². The number of aromatic nitrogens is 2. The van der Waals surface area contributed by atoms with Crippen LogP contribution < -0.4 is 11.4 Å². The van der Waals surface area contributed by atoms with Gasteiger partial charge in [0, 0.05) is 12.1 Å². The van der Waals surface area contributed by atoms with E-state index in [4.69, 9.17) is 19.9 Å². The van der Waals surface area contributed by atoms with Gasteiger partial charge in [-0.2, -0.15) is 4.98 Å². The van der Waals surface area contributed by atoms with Gasteiger partial charge in [-0.25, -0.2) is 4.79 Å². The van der Waals surface area contributed by atoms with Crippen LogP contribution in [0.2, 0.25) is 0 Å². The molecule has 3 rings (SSSR count). The zero-order chi connectivity index (χ0) is 17.7. The van der Waals surface area contributed by atoms with E-state index in [0.717, 1.165) is 6.42 Å². The fourth-order valence-corrected chi connectivity index (χ4v) is 3.53. The third-order valence-corrected chi connectivity index (χ3v) is 4.49. The summed E-state index contributed by atoms with van der Waals surface area (Å²) in [7, 11) is 0. The van der Waals surface area contributed by atoms with Crippen molar-refractivity contribution < 1.29 is 14.2 Å². The fourth-order valence-electron chi connectivity index (χ4n) is 3.53. The predicted molar refractivity (Wildman–Crippen MR) is 89.6 cm³/mol. The Balaban J connectivity index is 1.86. The Kier molecular flexibility index (Phi) is 4.22. The summed E-state index contributed by atoms with van der Waals surface area (Å²) < 4.78 is 19.8. The first-order valence-corrected chi connectivity index (χ1v) is 8.40. The van der Waals surface area contributed by atoms with Crippen LogP contribution in [0.25, 0.3) is 0 Å². The van der Waals surface area contributed by atoms with Crippen molar-refractivity contribution in [3.8, 4) is 0 Å². The Hall–Kier alpha value is -1.44. The van der Waals surface area contributed by atoms with E-state index in [1.807, 2.05) is 34.6 Å². The Morgan fingerprint density at radius 2 is 2.04 bits per heavy atom. The van der Waals surface area contributed by atoms with Crippen LogP contribution in [0.1, 0.15) is 47.1 Å². The molecule has 0 amide bonds. The molecule has 1 saturated heterocycles. The van der Waals surface area contributed by atoms with Gasteiger partial charge in [0.05, 0.1) is 24.4 Å². The average molecular weight is 337 g/mol. The molecule has 1 saturated carbocycles. The summed E-state index contributed by atoms with van der Waals surface area (Å²) in [4.78, 5) is 16.1. The SMILES string of the molecule is CC(C)(C)OC[C@H]1C[C@@H](n2ccc(N)nc2=O)[C@@H]2OC(C)(C)O[C@H]12. The first-order valence-electron chi connectivity index (χ1n) is 8.40. The third-order valence-electron chi connectivity index (χ3n) is 4.49. The van der Waals surface area contributed by atoms with Crippen LogP contribution in [0.15, 0.2) is 17.1 Å². The zero-order valence-corrected chi connectivity index (χ0v) is 15.0. The van der Waals surface area contributed by atoms with Crippen LogP contribution in [-0.2, 0) is 14.2 Å². The van der Waals surface area contributed by atoms with E-state index in [9.17, 15) is 4.79 Å². The van der Waals surface area contributed by atoms with Crippen LogP contribution in [-0.4, -0.2) is 39.8 Å². The molecule has 2 aliphatic rings. The smallest absolute Gasteiger partial charge is 0.349 e. The summed E-state index contributed by atoms with van der Waals surface area (Å²) >= 11 is 0. The molecule has 2 heterocycles. The Morgan fingerprint density at radius 1 is 1.38 bits per heavy atom. The van der Waals surface area contributed by atoms with Gasteiger partial charge in [-0.15, -0.1) is 0 Å². The van der Waals surface area contributed by atoms with Gasteiger partial charge >= 0.3 is 5.69 Å². The molecule has 0 aromatic carbocycles. The van der Waals surface area contributed by atoms with E-state index < -0.39 is 5.79 Å². The first kappa shape index (κ1) is 17.4. The maximum Gasteiger partial charge on any atom is 0.349 e. The van der Waals surface area contributed by atoms with Crippen molar-refractivity contribution >= 4 is 5.82 Å². The molecule has 134 valence electrons. The van der Waals surface area contributed by atoms with Gasteiger partial charge in [0.25, 0.3) is 0 Å². The van der Waals surface area contributed by atoms with Crippen molar-refractivity contribution in [2.75, 3.05) is 12.3 Å². The molecule has 1 aliphatic carbocycles. The molecule has 0 spiro atoms. The highest BCUT2D eigenvalue weighted by atomic mass is 16.8. The van der Waals surface area contributed by atoms with Crippen molar-refractivity contribution in [2.24, 2.45) is 5.92 Å². The molecule has 2 N–H and O–H groups in total. The van der Waals surface area contributed by atoms with Gasteiger partial charge in [-0.1, -0.05) is 0 Å². The van der Waals surface area contributed by atoms with E-state index in [-0.39, 0.29) is 41.3 Å². The molecule has 1 aromatic heterocycles. The summed E-state index contributed by atoms with van der Waals surface area (Å²) in [5.74, 6) is -0.286. The Bertz CT molecular complexity index is 665. The van der Waals surface area contributed by atoms with Crippen molar-refractivity contribution in [3.05, 3.63) is 22.7 Å². The summed E-state index contributed by atoms with van der Waals surface area (Å²) in [6.45, 7) is 10.4. The molecule has 7 heteroatoms. The summed E-state index contributed by atoms with van der Waals surface area (Å²) in [5, 5.41) is 0. The van der Waals surface area contributed by atoms with Crippen molar-refractivity contribution in [1.29, 1.82) is 0 Å². The number of ether oxygens (including phenoxy) is 3. The van der Waals surface area contributed by atoms with Crippen LogP contribution in [0.3, 0.4) is 0 Å². The van der Waals surface area contributed by atoms with Crippen molar-refractivity contribution in [3.63, 3.8) is 0 Å². The van der Waals surface area contributed by atoms with Crippen LogP contribution in [0.4, 0.5) is 5.82 Å². The minimum Gasteiger partial charge on any atom is -0.383 e. The molecule has 7 nitrogen and oxygen atoms in total. The standard InChI is InChI=1S/C17H27N3O4/c1-16(2,3)22-9-10-8-11(14-13(10)23-17(4,5)24-14)20-7-6-12(18)19-15(20)21/h6-7,10-11,13-14H,8-9H2,1-5H3,(H2,18,19,21)/t10-,11-,13-,14+/m1/s1. The molecule has 0 radical (unpaired) electrons. The molecule has 4 atom stereocenters. The predicted octanol–water partition coefficient (Wildman–Crippen LogP) is 1.72. The molecule has 2 fully saturated rings. The second kappa shape index (κ2) is 5.82. The number of fused-ring (bicyclic) bond motifs is 1. The summed E-state index contributed by atoms with van der Waals surface area (Å²) in [6, 6.07) is 1.50. The highest BCUT2D eigenvalue weighted by Gasteiger charge is 2.54. The maximum absolute atomic E-state index is 12.2. The highest BCUT2D eigenvalue weighted by molar-refractivity contribution is 5.24. The fraction of sp³-hybridized carbons (Fsp3) is 0.765. The minimum atomic E-state index is -0.668. The second-order valence-corrected chi connectivity index (χ2v) is 8.09. The summed E-state index contributed by atoms with van der Waals surface area (Å²) in [6.07, 6.45) is 2.13. The molecule has 1 aliphatic heterocycles. The number of rotatable bonds is 3.